The molecule has 0 saturated heterocycles. The molecule has 0 heterocycles. The van der Waals surface area contributed by atoms with Crippen molar-refractivity contribution in [1.29, 1.82) is 0 Å². The number of hydrogen-bond donors (Lipinski definition) is 3. The van der Waals surface area contributed by atoms with E-state index < -0.39 is 29.7 Å². The Morgan fingerprint density at radius 3 is 2.26 bits per heavy atom. The quantitative estimate of drug-likeness (QED) is 0.752. The molecule has 3 unspecified atom stereocenters. The van der Waals surface area contributed by atoms with Crippen LogP contribution in [0.3, 0.4) is 0 Å². The molecular weight excluding hydrogens is 304 g/mol. The lowest BCUT2D eigenvalue weighted by Crippen LogP contribution is -2.50. The van der Waals surface area contributed by atoms with Gasteiger partial charge in [0.05, 0.1) is 6.04 Å². The standard InChI is InChI=1S/C16H23F2N3O2/c1-5-9(2)19-15(22)11(4)21-16(23)20-10(3)12-6-7-13(17)14(18)8-12/h6-11H,5H2,1-4H3,(H,19,22)(H2,20,21,23). The van der Waals surface area contributed by atoms with Crippen LogP contribution in [0.5, 0.6) is 0 Å². The molecule has 3 N–H and O–H groups in total. The number of hydrogen-bond acceptors (Lipinski definition) is 2. The molecule has 0 spiro atoms. The summed E-state index contributed by atoms with van der Waals surface area (Å²) in [5, 5.41) is 7.84. The van der Waals surface area contributed by atoms with Crippen molar-refractivity contribution in [1.82, 2.24) is 16.0 Å². The summed E-state index contributed by atoms with van der Waals surface area (Å²) in [5.41, 5.74) is 0.427. The van der Waals surface area contributed by atoms with Gasteiger partial charge in [-0.3, -0.25) is 4.79 Å². The van der Waals surface area contributed by atoms with Crippen LogP contribution in [0.15, 0.2) is 18.2 Å². The minimum absolute atomic E-state index is 0.0240. The molecule has 0 saturated carbocycles. The Labute approximate surface area is 134 Å². The van der Waals surface area contributed by atoms with Gasteiger partial charge in [0.2, 0.25) is 5.91 Å². The van der Waals surface area contributed by atoms with Gasteiger partial charge in [0, 0.05) is 6.04 Å². The van der Waals surface area contributed by atoms with Gasteiger partial charge in [-0.15, -0.1) is 0 Å². The fourth-order valence-corrected chi connectivity index (χ4v) is 1.84. The third kappa shape index (κ3) is 5.84. The van der Waals surface area contributed by atoms with Gasteiger partial charge in [-0.2, -0.15) is 0 Å². The minimum Gasteiger partial charge on any atom is -0.352 e. The van der Waals surface area contributed by atoms with E-state index >= 15 is 0 Å². The van der Waals surface area contributed by atoms with Crippen molar-refractivity contribution in [3.63, 3.8) is 0 Å². The summed E-state index contributed by atoms with van der Waals surface area (Å²) in [4.78, 5) is 23.7. The van der Waals surface area contributed by atoms with Crippen molar-refractivity contribution in [2.24, 2.45) is 0 Å². The van der Waals surface area contributed by atoms with Crippen molar-refractivity contribution >= 4 is 11.9 Å². The van der Waals surface area contributed by atoms with Gasteiger partial charge in [0.25, 0.3) is 0 Å². The zero-order valence-corrected chi connectivity index (χ0v) is 13.7. The van der Waals surface area contributed by atoms with Crippen LogP contribution in [0, 0.1) is 11.6 Å². The molecule has 0 aliphatic rings. The van der Waals surface area contributed by atoms with E-state index in [9.17, 15) is 18.4 Å². The fraction of sp³-hybridized carbons (Fsp3) is 0.500. The zero-order valence-electron chi connectivity index (χ0n) is 13.7. The predicted octanol–water partition coefficient (Wildman–Crippen LogP) is 2.63. The number of benzene rings is 1. The Morgan fingerprint density at radius 2 is 1.70 bits per heavy atom. The minimum atomic E-state index is -0.974. The number of carbonyl (C=O) groups excluding carboxylic acids is 2. The van der Waals surface area contributed by atoms with E-state index in [-0.39, 0.29) is 11.9 Å². The maximum absolute atomic E-state index is 13.2. The van der Waals surface area contributed by atoms with Crippen molar-refractivity contribution in [2.45, 2.75) is 52.2 Å². The molecule has 0 aromatic heterocycles. The molecule has 23 heavy (non-hydrogen) atoms. The van der Waals surface area contributed by atoms with Gasteiger partial charge < -0.3 is 16.0 Å². The summed E-state index contributed by atoms with van der Waals surface area (Å²) in [6.45, 7) is 7.02. The molecule has 0 aliphatic carbocycles. The average molecular weight is 327 g/mol. The Bertz CT molecular complexity index is 566. The summed E-state index contributed by atoms with van der Waals surface area (Å²) in [7, 11) is 0. The first kappa shape index (κ1) is 18.9. The van der Waals surface area contributed by atoms with Crippen LogP contribution in [0.4, 0.5) is 13.6 Å². The van der Waals surface area contributed by atoms with Crippen LogP contribution in [0.25, 0.3) is 0 Å². The smallest absolute Gasteiger partial charge is 0.315 e. The molecule has 128 valence electrons. The molecule has 0 radical (unpaired) electrons. The second-order valence-corrected chi connectivity index (χ2v) is 5.55. The third-order valence-electron chi connectivity index (χ3n) is 3.53. The summed E-state index contributed by atoms with van der Waals surface area (Å²) in [6, 6.07) is 1.64. The van der Waals surface area contributed by atoms with Crippen LogP contribution in [0.1, 0.15) is 45.7 Å². The molecular formula is C16H23F2N3O2. The van der Waals surface area contributed by atoms with Gasteiger partial charge >= 0.3 is 6.03 Å². The monoisotopic (exact) mass is 327 g/mol. The highest BCUT2D eigenvalue weighted by atomic mass is 19.2. The van der Waals surface area contributed by atoms with Gasteiger partial charge in [-0.25, -0.2) is 13.6 Å². The average Bonchev–Trinajstić information content (AvgIpc) is 2.49. The Morgan fingerprint density at radius 1 is 1.04 bits per heavy atom. The van der Waals surface area contributed by atoms with Gasteiger partial charge in [0.15, 0.2) is 11.6 Å². The maximum atomic E-state index is 13.2. The molecule has 1 rings (SSSR count). The number of halogens is 2. The SMILES string of the molecule is CCC(C)NC(=O)C(C)NC(=O)NC(C)c1ccc(F)c(F)c1. The van der Waals surface area contributed by atoms with Crippen LogP contribution >= 0.6 is 0 Å². The first-order valence-corrected chi connectivity index (χ1v) is 7.57. The summed E-state index contributed by atoms with van der Waals surface area (Å²) >= 11 is 0. The number of nitrogens with one attached hydrogen (secondary N) is 3. The summed E-state index contributed by atoms with van der Waals surface area (Å²) in [6.07, 6.45) is 0.790. The first-order chi connectivity index (χ1) is 10.7. The lowest BCUT2D eigenvalue weighted by Gasteiger charge is -2.20. The van der Waals surface area contributed by atoms with E-state index in [1.165, 1.54) is 6.07 Å². The summed E-state index contributed by atoms with van der Waals surface area (Å²) < 4.78 is 26.1. The lowest BCUT2D eigenvalue weighted by atomic mass is 10.1. The second-order valence-electron chi connectivity index (χ2n) is 5.55. The molecule has 0 aliphatic heterocycles. The molecule has 0 fully saturated rings. The second kappa shape index (κ2) is 8.45. The van der Waals surface area contributed by atoms with Crippen molar-refractivity contribution < 1.29 is 18.4 Å². The normalized spacial score (nSPS) is 14.5. The van der Waals surface area contributed by atoms with Crippen molar-refractivity contribution in [2.75, 3.05) is 0 Å². The van der Waals surface area contributed by atoms with Crippen LogP contribution < -0.4 is 16.0 Å². The van der Waals surface area contributed by atoms with Crippen LogP contribution in [-0.4, -0.2) is 24.0 Å². The van der Waals surface area contributed by atoms with E-state index in [2.05, 4.69) is 16.0 Å². The maximum Gasteiger partial charge on any atom is 0.315 e. The van der Waals surface area contributed by atoms with E-state index in [0.717, 1.165) is 18.6 Å². The Hall–Kier alpha value is -2.18. The van der Waals surface area contributed by atoms with E-state index in [1.54, 1.807) is 13.8 Å². The van der Waals surface area contributed by atoms with Crippen LogP contribution in [-0.2, 0) is 4.79 Å². The molecule has 5 nitrogen and oxygen atoms in total. The predicted molar refractivity (Wildman–Crippen MR) is 83.8 cm³/mol. The topological polar surface area (TPSA) is 70.2 Å². The van der Waals surface area contributed by atoms with Gasteiger partial charge in [-0.1, -0.05) is 13.0 Å². The third-order valence-corrected chi connectivity index (χ3v) is 3.53. The summed E-state index contributed by atoms with van der Waals surface area (Å²) in [5.74, 6) is -2.20. The Balaban J connectivity index is 2.55. The number of urea groups is 1. The van der Waals surface area contributed by atoms with Crippen LogP contribution in [0.2, 0.25) is 0 Å². The molecule has 7 heteroatoms. The highest BCUT2D eigenvalue weighted by molar-refractivity contribution is 5.86. The lowest BCUT2D eigenvalue weighted by molar-refractivity contribution is -0.123. The number of amides is 3. The Kier molecular flexibility index (Phi) is 6.93. The highest BCUT2D eigenvalue weighted by Crippen LogP contribution is 2.15. The van der Waals surface area contributed by atoms with E-state index in [1.807, 2.05) is 13.8 Å². The fourth-order valence-electron chi connectivity index (χ4n) is 1.84. The van der Waals surface area contributed by atoms with E-state index in [4.69, 9.17) is 0 Å². The van der Waals surface area contributed by atoms with Gasteiger partial charge in [0.1, 0.15) is 6.04 Å². The van der Waals surface area contributed by atoms with Crippen molar-refractivity contribution in [3.05, 3.63) is 35.4 Å². The van der Waals surface area contributed by atoms with E-state index in [0.29, 0.717) is 5.56 Å². The number of carbonyl (C=O) groups is 2. The molecule has 3 atom stereocenters. The molecule has 0 bridgehead atoms. The van der Waals surface area contributed by atoms with Crippen molar-refractivity contribution in [3.8, 4) is 0 Å². The number of rotatable bonds is 6. The zero-order chi connectivity index (χ0) is 17.6. The molecule has 1 aromatic carbocycles. The highest BCUT2D eigenvalue weighted by Gasteiger charge is 2.18. The first-order valence-electron chi connectivity index (χ1n) is 7.57. The van der Waals surface area contributed by atoms with Gasteiger partial charge in [-0.05, 0) is 44.9 Å². The molecule has 1 aromatic rings. The molecule has 3 amide bonds. The largest absolute Gasteiger partial charge is 0.352 e.